The Morgan fingerprint density at radius 3 is 2.05 bits per heavy atom. The van der Waals surface area contributed by atoms with E-state index in [0.717, 1.165) is 5.01 Å². The molecule has 0 unspecified atom stereocenters. The molecule has 1 heterocycles. The fourth-order valence-corrected chi connectivity index (χ4v) is 2.21. The predicted molar refractivity (Wildman–Crippen MR) is 70.2 cm³/mol. The molecule has 0 fully saturated rings. The van der Waals surface area contributed by atoms with Crippen LogP contribution < -0.4 is 0 Å². The van der Waals surface area contributed by atoms with Gasteiger partial charge in [-0.05, 0) is 18.2 Å². The summed E-state index contributed by atoms with van der Waals surface area (Å²) in [5.41, 5.74) is 1.25. The minimum Gasteiger partial charge on any atom is -0.465 e. The number of ether oxygens (including phenoxy) is 2. The summed E-state index contributed by atoms with van der Waals surface area (Å²) >= 11 is 1.42. The van der Waals surface area contributed by atoms with E-state index >= 15 is 0 Å². The summed E-state index contributed by atoms with van der Waals surface area (Å²) in [6, 6.07) is 4.71. The molecule has 0 atom stereocenters. The molecule has 0 saturated carbocycles. The molecule has 0 aliphatic rings. The van der Waals surface area contributed by atoms with Crippen molar-refractivity contribution in [3.63, 3.8) is 0 Å². The fourth-order valence-electron chi connectivity index (χ4n) is 1.59. The zero-order valence-electron chi connectivity index (χ0n) is 10.4. The molecule has 0 radical (unpaired) electrons. The van der Waals surface area contributed by atoms with Crippen molar-refractivity contribution in [1.82, 2.24) is 4.98 Å². The van der Waals surface area contributed by atoms with Crippen LogP contribution in [0.25, 0.3) is 10.6 Å². The fraction of sp³-hybridized carbons (Fsp3) is 0.154. The summed E-state index contributed by atoms with van der Waals surface area (Å²) in [6.45, 7) is 0. The summed E-state index contributed by atoms with van der Waals surface area (Å²) in [6.07, 6.45) is 1.66. The van der Waals surface area contributed by atoms with Crippen molar-refractivity contribution in [2.45, 2.75) is 0 Å². The number of carbonyl (C=O) groups is 2. The molecular formula is C13H11NO4S. The Labute approximate surface area is 113 Å². The van der Waals surface area contributed by atoms with Gasteiger partial charge in [0.1, 0.15) is 5.01 Å². The minimum absolute atomic E-state index is 0.288. The van der Waals surface area contributed by atoms with Gasteiger partial charge in [-0.3, -0.25) is 0 Å². The molecule has 2 rings (SSSR count). The average Bonchev–Trinajstić information content (AvgIpc) is 2.99. The molecular weight excluding hydrogens is 266 g/mol. The summed E-state index contributed by atoms with van der Waals surface area (Å²) < 4.78 is 9.34. The van der Waals surface area contributed by atoms with Crippen molar-refractivity contribution in [1.29, 1.82) is 0 Å². The van der Waals surface area contributed by atoms with Crippen molar-refractivity contribution < 1.29 is 19.1 Å². The lowest BCUT2D eigenvalue weighted by Crippen LogP contribution is -2.07. The van der Waals surface area contributed by atoms with Gasteiger partial charge in [-0.15, -0.1) is 11.3 Å². The lowest BCUT2D eigenvalue weighted by atomic mass is 10.1. The lowest BCUT2D eigenvalue weighted by Gasteiger charge is -2.06. The van der Waals surface area contributed by atoms with Gasteiger partial charge in [-0.1, -0.05) is 0 Å². The van der Waals surface area contributed by atoms with E-state index in [1.807, 2.05) is 5.38 Å². The van der Waals surface area contributed by atoms with Gasteiger partial charge >= 0.3 is 11.9 Å². The number of esters is 2. The third-order valence-electron chi connectivity index (χ3n) is 2.45. The van der Waals surface area contributed by atoms with E-state index in [4.69, 9.17) is 0 Å². The van der Waals surface area contributed by atoms with Gasteiger partial charge in [0.05, 0.1) is 25.3 Å². The number of aromatic nitrogens is 1. The Hall–Kier alpha value is -2.21. The van der Waals surface area contributed by atoms with E-state index in [0.29, 0.717) is 5.56 Å². The predicted octanol–water partition coefficient (Wildman–Crippen LogP) is 2.38. The number of rotatable bonds is 3. The van der Waals surface area contributed by atoms with Gasteiger partial charge in [-0.25, -0.2) is 14.6 Å². The second-order valence-corrected chi connectivity index (χ2v) is 4.51. The van der Waals surface area contributed by atoms with Crippen molar-refractivity contribution >= 4 is 23.3 Å². The van der Waals surface area contributed by atoms with E-state index in [1.165, 1.54) is 31.6 Å². The van der Waals surface area contributed by atoms with Crippen LogP contribution >= 0.6 is 11.3 Å². The van der Waals surface area contributed by atoms with Gasteiger partial charge in [0.15, 0.2) is 0 Å². The molecule has 0 amide bonds. The van der Waals surface area contributed by atoms with E-state index < -0.39 is 11.9 Å². The first kappa shape index (κ1) is 13.2. The monoisotopic (exact) mass is 277 g/mol. The molecule has 1 aromatic heterocycles. The molecule has 0 N–H and O–H groups in total. The topological polar surface area (TPSA) is 65.5 Å². The van der Waals surface area contributed by atoms with Gasteiger partial charge in [0, 0.05) is 17.1 Å². The zero-order chi connectivity index (χ0) is 13.8. The molecule has 0 aliphatic heterocycles. The zero-order valence-corrected chi connectivity index (χ0v) is 11.2. The Balaban J connectivity index is 2.55. The first-order chi connectivity index (χ1) is 9.15. The molecule has 0 aliphatic carbocycles. The second kappa shape index (κ2) is 5.62. The number of thiazole rings is 1. The SMILES string of the molecule is COC(=O)c1cc(C(=O)OC)cc(-c2nccs2)c1. The highest BCUT2D eigenvalue weighted by atomic mass is 32.1. The van der Waals surface area contributed by atoms with Crippen LogP contribution in [0.15, 0.2) is 29.8 Å². The van der Waals surface area contributed by atoms with Gasteiger partial charge in [-0.2, -0.15) is 0 Å². The number of nitrogens with zero attached hydrogens (tertiary/aromatic N) is 1. The van der Waals surface area contributed by atoms with Crippen molar-refractivity contribution in [3.8, 4) is 10.6 Å². The first-order valence-electron chi connectivity index (χ1n) is 5.37. The molecule has 0 saturated heterocycles. The molecule has 0 bridgehead atoms. The quantitative estimate of drug-likeness (QED) is 0.806. The van der Waals surface area contributed by atoms with Crippen LogP contribution in [-0.4, -0.2) is 31.1 Å². The Morgan fingerprint density at radius 2 is 1.63 bits per heavy atom. The highest BCUT2D eigenvalue weighted by Gasteiger charge is 2.15. The smallest absolute Gasteiger partial charge is 0.337 e. The molecule has 0 spiro atoms. The number of carbonyl (C=O) groups excluding carboxylic acids is 2. The van der Waals surface area contributed by atoms with Gasteiger partial charge in [0.2, 0.25) is 0 Å². The van der Waals surface area contributed by atoms with Crippen LogP contribution in [0.1, 0.15) is 20.7 Å². The number of methoxy groups -OCH3 is 2. The molecule has 98 valence electrons. The lowest BCUT2D eigenvalue weighted by molar-refractivity contribution is 0.0599. The molecule has 2 aromatic rings. The van der Waals surface area contributed by atoms with E-state index in [-0.39, 0.29) is 11.1 Å². The van der Waals surface area contributed by atoms with Crippen LogP contribution in [-0.2, 0) is 9.47 Å². The summed E-state index contributed by atoms with van der Waals surface area (Å²) in [4.78, 5) is 27.4. The Kier molecular flexibility index (Phi) is 3.91. The third kappa shape index (κ3) is 2.79. The maximum atomic E-state index is 11.6. The molecule has 6 heteroatoms. The normalized spacial score (nSPS) is 10.0. The van der Waals surface area contributed by atoms with Crippen molar-refractivity contribution in [2.24, 2.45) is 0 Å². The number of hydrogen-bond acceptors (Lipinski definition) is 6. The van der Waals surface area contributed by atoms with Gasteiger partial charge < -0.3 is 9.47 Å². The van der Waals surface area contributed by atoms with Crippen LogP contribution in [0.5, 0.6) is 0 Å². The second-order valence-electron chi connectivity index (χ2n) is 3.62. The van der Waals surface area contributed by atoms with Crippen molar-refractivity contribution in [2.75, 3.05) is 14.2 Å². The van der Waals surface area contributed by atoms with Crippen LogP contribution in [0, 0.1) is 0 Å². The van der Waals surface area contributed by atoms with Crippen LogP contribution in [0.2, 0.25) is 0 Å². The first-order valence-corrected chi connectivity index (χ1v) is 6.25. The highest BCUT2D eigenvalue weighted by Crippen LogP contribution is 2.25. The molecule has 5 nitrogen and oxygen atoms in total. The third-order valence-corrected chi connectivity index (χ3v) is 3.28. The van der Waals surface area contributed by atoms with E-state index in [9.17, 15) is 9.59 Å². The molecule has 19 heavy (non-hydrogen) atoms. The molecule has 1 aromatic carbocycles. The summed E-state index contributed by atoms with van der Waals surface area (Å²) in [5, 5.41) is 2.54. The maximum Gasteiger partial charge on any atom is 0.337 e. The highest BCUT2D eigenvalue weighted by molar-refractivity contribution is 7.13. The minimum atomic E-state index is -0.511. The van der Waals surface area contributed by atoms with Crippen molar-refractivity contribution in [3.05, 3.63) is 40.9 Å². The van der Waals surface area contributed by atoms with Crippen LogP contribution in [0.3, 0.4) is 0 Å². The summed E-state index contributed by atoms with van der Waals surface area (Å²) in [7, 11) is 2.58. The Bertz CT molecular complexity index is 573. The average molecular weight is 277 g/mol. The standard InChI is InChI=1S/C13H11NO4S/c1-17-12(15)9-5-8(11-14-3-4-19-11)6-10(7-9)13(16)18-2/h3-7H,1-2H3. The maximum absolute atomic E-state index is 11.6. The number of benzene rings is 1. The van der Waals surface area contributed by atoms with Gasteiger partial charge in [0.25, 0.3) is 0 Å². The van der Waals surface area contributed by atoms with E-state index in [2.05, 4.69) is 14.5 Å². The van der Waals surface area contributed by atoms with Crippen LogP contribution in [0.4, 0.5) is 0 Å². The van der Waals surface area contributed by atoms with E-state index in [1.54, 1.807) is 18.3 Å². The largest absolute Gasteiger partial charge is 0.465 e. The Morgan fingerprint density at radius 1 is 1.05 bits per heavy atom. The number of hydrogen-bond donors (Lipinski definition) is 0. The summed E-state index contributed by atoms with van der Waals surface area (Å²) in [5.74, 6) is -1.02.